The maximum absolute atomic E-state index is 12.5. The molecule has 1 aromatic rings. The molecule has 0 unspecified atom stereocenters. The van der Waals surface area contributed by atoms with Gasteiger partial charge in [-0.1, -0.05) is 18.5 Å². The third-order valence-electron chi connectivity index (χ3n) is 2.83. The average molecular weight is 334 g/mol. The van der Waals surface area contributed by atoms with Crippen molar-refractivity contribution in [3.05, 3.63) is 28.8 Å². The van der Waals surface area contributed by atoms with Crippen molar-refractivity contribution >= 4 is 41.5 Å². The predicted octanol–water partition coefficient (Wildman–Crippen LogP) is 2.28. The molecule has 0 aliphatic heterocycles. The van der Waals surface area contributed by atoms with Gasteiger partial charge in [-0.15, -0.1) is 12.4 Å². The van der Waals surface area contributed by atoms with Crippen molar-refractivity contribution in [3.63, 3.8) is 0 Å². The molecular weight excluding hydrogens is 313 g/mol. The Morgan fingerprint density at radius 2 is 1.90 bits per heavy atom. The molecule has 0 aliphatic carbocycles. The molecular formula is C14H21Cl2N3O2. The van der Waals surface area contributed by atoms with E-state index in [9.17, 15) is 9.59 Å². The van der Waals surface area contributed by atoms with E-state index in [1.807, 2.05) is 6.92 Å². The number of rotatable bonds is 5. The van der Waals surface area contributed by atoms with Crippen LogP contribution in [0.1, 0.15) is 23.7 Å². The lowest BCUT2D eigenvalue weighted by atomic mass is 10.1. The second-order valence-corrected chi connectivity index (χ2v) is 5.16. The number of nitrogens with zero attached hydrogens (tertiary/aromatic N) is 2. The number of anilines is 1. The van der Waals surface area contributed by atoms with Crippen LogP contribution in [0.2, 0.25) is 5.02 Å². The Kier molecular flexibility index (Phi) is 8.14. The quantitative estimate of drug-likeness (QED) is 0.840. The SMILES string of the molecule is CCCN(CC(=O)N(C)C)C(=O)c1ccc(N)cc1Cl.Cl. The fraction of sp³-hybridized carbons (Fsp3) is 0.429. The summed E-state index contributed by atoms with van der Waals surface area (Å²) in [7, 11) is 3.32. The highest BCUT2D eigenvalue weighted by Gasteiger charge is 2.21. The summed E-state index contributed by atoms with van der Waals surface area (Å²) >= 11 is 6.04. The first-order chi connectivity index (χ1) is 9.36. The average Bonchev–Trinajstić information content (AvgIpc) is 2.37. The predicted molar refractivity (Wildman–Crippen MR) is 88.0 cm³/mol. The van der Waals surface area contributed by atoms with E-state index in [0.717, 1.165) is 6.42 Å². The van der Waals surface area contributed by atoms with Crippen molar-refractivity contribution < 1.29 is 9.59 Å². The van der Waals surface area contributed by atoms with Crippen LogP contribution >= 0.6 is 24.0 Å². The molecule has 0 atom stereocenters. The number of carbonyl (C=O) groups excluding carboxylic acids is 2. The largest absolute Gasteiger partial charge is 0.399 e. The van der Waals surface area contributed by atoms with Crippen molar-refractivity contribution in [1.29, 1.82) is 0 Å². The zero-order valence-electron chi connectivity index (χ0n) is 12.4. The minimum Gasteiger partial charge on any atom is -0.399 e. The Morgan fingerprint density at radius 3 is 2.38 bits per heavy atom. The lowest BCUT2D eigenvalue weighted by molar-refractivity contribution is -0.129. The van der Waals surface area contributed by atoms with Gasteiger partial charge >= 0.3 is 0 Å². The van der Waals surface area contributed by atoms with E-state index in [1.54, 1.807) is 26.2 Å². The van der Waals surface area contributed by atoms with Crippen LogP contribution in [0.15, 0.2) is 18.2 Å². The van der Waals surface area contributed by atoms with Crippen LogP contribution in [-0.4, -0.2) is 48.8 Å². The fourth-order valence-corrected chi connectivity index (χ4v) is 1.97. The summed E-state index contributed by atoms with van der Waals surface area (Å²) in [6, 6.07) is 4.74. The summed E-state index contributed by atoms with van der Waals surface area (Å²) in [6.45, 7) is 2.49. The summed E-state index contributed by atoms with van der Waals surface area (Å²) in [5.41, 5.74) is 6.47. The van der Waals surface area contributed by atoms with Crippen LogP contribution in [0.5, 0.6) is 0 Å². The molecule has 0 fully saturated rings. The molecule has 0 heterocycles. The summed E-state index contributed by atoms with van der Waals surface area (Å²) in [4.78, 5) is 27.2. The summed E-state index contributed by atoms with van der Waals surface area (Å²) < 4.78 is 0. The number of hydrogen-bond acceptors (Lipinski definition) is 3. The molecule has 7 heteroatoms. The van der Waals surface area contributed by atoms with Crippen molar-refractivity contribution in [3.8, 4) is 0 Å². The van der Waals surface area contributed by atoms with Crippen LogP contribution in [0.3, 0.4) is 0 Å². The fourth-order valence-electron chi connectivity index (χ4n) is 1.70. The number of carbonyl (C=O) groups is 2. The van der Waals surface area contributed by atoms with Gasteiger partial charge in [-0.25, -0.2) is 0 Å². The van der Waals surface area contributed by atoms with Gasteiger partial charge in [0.1, 0.15) is 6.54 Å². The second kappa shape index (κ2) is 8.74. The minimum absolute atomic E-state index is 0. The number of benzene rings is 1. The zero-order valence-corrected chi connectivity index (χ0v) is 14.0. The van der Waals surface area contributed by atoms with Crippen LogP contribution < -0.4 is 5.73 Å². The molecule has 5 nitrogen and oxygen atoms in total. The van der Waals surface area contributed by atoms with E-state index in [-0.39, 0.29) is 30.8 Å². The normalized spacial score (nSPS) is 9.71. The van der Waals surface area contributed by atoms with Gasteiger partial charge < -0.3 is 15.5 Å². The van der Waals surface area contributed by atoms with Crippen LogP contribution in [0.25, 0.3) is 0 Å². The van der Waals surface area contributed by atoms with Crippen LogP contribution in [0.4, 0.5) is 5.69 Å². The third kappa shape index (κ3) is 5.44. The molecule has 2 amide bonds. The van der Waals surface area contributed by atoms with Crippen molar-refractivity contribution in [2.75, 3.05) is 32.9 Å². The summed E-state index contributed by atoms with van der Waals surface area (Å²) in [5.74, 6) is -0.384. The van der Waals surface area contributed by atoms with Gasteiger partial charge in [0, 0.05) is 26.3 Å². The Hall–Kier alpha value is -1.46. The number of likely N-dealkylation sites (N-methyl/N-ethyl adjacent to an activating group) is 1. The number of hydrogen-bond donors (Lipinski definition) is 1. The monoisotopic (exact) mass is 333 g/mol. The van der Waals surface area contributed by atoms with Crippen molar-refractivity contribution in [1.82, 2.24) is 9.80 Å². The molecule has 21 heavy (non-hydrogen) atoms. The van der Waals surface area contributed by atoms with Gasteiger partial charge in [-0.3, -0.25) is 9.59 Å². The highest BCUT2D eigenvalue weighted by molar-refractivity contribution is 6.34. The molecule has 0 saturated carbocycles. The molecule has 1 rings (SSSR count). The van der Waals surface area contributed by atoms with E-state index < -0.39 is 0 Å². The lowest BCUT2D eigenvalue weighted by Gasteiger charge is -2.23. The molecule has 0 aliphatic rings. The Morgan fingerprint density at radius 1 is 1.29 bits per heavy atom. The molecule has 2 N–H and O–H groups in total. The first-order valence-corrected chi connectivity index (χ1v) is 6.79. The van der Waals surface area contributed by atoms with E-state index in [0.29, 0.717) is 22.8 Å². The van der Waals surface area contributed by atoms with E-state index >= 15 is 0 Å². The van der Waals surface area contributed by atoms with E-state index in [4.69, 9.17) is 17.3 Å². The number of amides is 2. The zero-order chi connectivity index (χ0) is 15.3. The summed E-state index contributed by atoms with van der Waals surface area (Å²) in [5, 5.41) is 0.299. The minimum atomic E-state index is -0.257. The Bertz CT molecular complexity index is 507. The van der Waals surface area contributed by atoms with E-state index in [1.165, 1.54) is 15.9 Å². The first-order valence-electron chi connectivity index (χ1n) is 6.41. The Labute approximate surface area is 136 Å². The Balaban J connectivity index is 0.00000400. The molecule has 1 aromatic carbocycles. The van der Waals surface area contributed by atoms with Gasteiger partial charge in [0.2, 0.25) is 5.91 Å². The maximum Gasteiger partial charge on any atom is 0.255 e. The van der Waals surface area contributed by atoms with Gasteiger partial charge in [0.15, 0.2) is 0 Å². The molecule has 0 bridgehead atoms. The maximum atomic E-state index is 12.5. The van der Waals surface area contributed by atoms with Gasteiger partial charge in [-0.2, -0.15) is 0 Å². The number of halogens is 2. The van der Waals surface area contributed by atoms with E-state index in [2.05, 4.69) is 0 Å². The van der Waals surface area contributed by atoms with Crippen molar-refractivity contribution in [2.45, 2.75) is 13.3 Å². The van der Waals surface area contributed by atoms with Gasteiger partial charge in [-0.05, 0) is 24.6 Å². The highest BCUT2D eigenvalue weighted by atomic mass is 35.5. The first kappa shape index (κ1) is 19.5. The van der Waals surface area contributed by atoms with Gasteiger partial charge in [0.05, 0.1) is 10.6 Å². The van der Waals surface area contributed by atoms with Crippen molar-refractivity contribution in [2.24, 2.45) is 0 Å². The third-order valence-corrected chi connectivity index (χ3v) is 3.14. The smallest absolute Gasteiger partial charge is 0.255 e. The standard InChI is InChI=1S/C14H20ClN3O2.ClH/c1-4-7-18(9-13(19)17(2)3)14(20)11-6-5-10(16)8-12(11)15;/h5-6,8H,4,7,9,16H2,1-3H3;1H. The second-order valence-electron chi connectivity index (χ2n) is 4.75. The van der Waals surface area contributed by atoms with Crippen LogP contribution in [-0.2, 0) is 4.79 Å². The number of nitrogens with two attached hydrogens (primary N) is 1. The number of nitrogen functional groups attached to an aromatic ring is 1. The highest BCUT2D eigenvalue weighted by Crippen LogP contribution is 2.21. The molecule has 0 radical (unpaired) electrons. The topological polar surface area (TPSA) is 66.6 Å². The van der Waals surface area contributed by atoms with Gasteiger partial charge in [0.25, 0.3) is 5.91 Å². The molecule has 0 aromatic heterocycles. The van der Waals surface area contributed by atoms with Crippen LogP contribution in [0, 0.1) is 0 Å². The lowest BCUT2D eigenvalue weighted by Crippen LogP contribution is -2.40. The molecule has 0 spiro atoms. The molecule has 0 saturated heterocycles. The molecule has 118 valence electrons. The summed E-state index contributed by atoms with van der Waals surface area (Å²) in [6.07, 6.45) is 0.763.